The normalized spacial score (nSPS) is 19.1. The smallest absolute Gasteiger partial charge is 0.191 e. The first-order valence-electron chi connectivity index (χ1n) is 6.39. The maximum Gasteiger partial charge on any atom is 0.191 e. The van der Waals surface area contributed by atoms with E-state index >= 15 is 0 Å². The number of unbranched alkanes of at least 4 members (excludes halogenated alkanes) is 1. The molecule has 1 unspecified atom stereocenters. The van der Waals surface area contributed by atoms with Crippen molar-refractivity contribution in [2.75, 3.05) is 30.0 Å². The van der Waals surface area contributed by atoms with Crippen molar-refractivity contribution in [3.05, 3.63) is 6.07 Å². The second kappa shape index (κ2) is 6.80. The topological polar surface area (TPSA) is 73.1 Å². The summed E-state index contributed by atoms with van der Waals surface area (Å²) in [6.45, 7) is 3.73. The molecule has 2 heterocycles. The first-order chi connectivity index (χ1) is 8.78. The van der Waals surface area contributed by atoms with Crippen LogP contribution in [0.2, 0.25) is 0 Å². The molecule has 1 aromatic rings. The minimum absolute atomic E-state index is 0.341. The Labute approximate surface area is 112 Å². The van der Waals surface area contributed by atoms with Gasteiger partial charge in [0, 0.05) is 18.4 Å². The molecule has 1 atom stereocenters. The van der Waals surface area contributed by atoms with Gasteiger partial charge in [-0.3, -0.25) is 0 Å². The quantitative estimate of drug-likeness (QED) is 0.468. The van der Waals surface area contributed by atoms with E-state index in [1.165, 1.54) is 12.8 Å². The predicted molar refractivity (Wildman–Crippen MR) is 74.9 cm³/mol. The number of ether oxygens (including phenoxy) is 1. The van der Waals surface area contributed by atoms with Gasteiger partial charge in [-0.05, 0) is 12.8 Å². The van der Waals surface area contributed by atoms with Gasteiger partial charge in [-0.25, -0.2) is 9.97 Å². The molecule has 5 nitrogen and oxygen atoms in total. The molecule has 0 spiro atoms. The molecule has 1 fully saturated rings. The zero-order valence-corrected chi connectivity index (χ0v) is 11.5. The van der Waals surface area contributed by atoms with E-state index in [1.807, 2.05) is 0 Å². The Kier molecular flexibility index (Phi) is 5.07. The van der Waals surface area contributed by atoms with Gasteiger partial charge in [0.05, 0.1) is 12.6 Å². The van der Waals surface area contributed by atoms with Crippen molar-refractivity contribution in [2.24, 2.45) is 0 Å². The summed E-state index contributed by atoms with van der Waals surface area (Å²) in [5, 5.41) is 4.10. The van der Waals surface area contributed by atoms with Gasteiger partial charge >= 0.3 is 0 Å². The fraction of sp³-hybridized carbons (Fsp3) is 0.667. The van der Waals surface area contributed by atoms with E-state index in [0.29, 0.717) is 11.9 Å². The average Bonchev–Trinajstić information content (AvgIpc) is 2.81. The molecule has 0 amide bonds. The number of anilines is 2. The number of aromatic nitrogens is 2. The van der Waals surface area contributed by atoms with E-state index in [-0.39, 0.29) is 0 Å². The zero-order chi connectivity index (χ0) is 12.8. The van der Waals surface area contributed by atoms with Gasteiger partial charge in [-0.2, -0.15) is 0 Å². The molecule has 0 aliphatic carbocycles. The number of thioether (sulfide) groups is 1. The number of nitrogens with zero attached hydrogens (tertiary/aromatic N) is 2. The van der Waals surface area contributed by atoms with Crippen molar-refractivity contribution in [2.45, 2.75) is 37.4 Å². The van der Waals surface area contributed by atoms with Crippen molar-refractivity contribution < 1.29 is 4.74 Å². The van der Waals surface area contributed by atoms with Gasteiger partial charge < -0.3 is 15.8 Å². The predicted octanol–water partition coefficient (Wildman–Crippen LogP) is 2.15. The molecule has 0 radical (unpaired) electrons. The summed E-state index contributed by atoms with van der Waals surface area (Å²) in [6.07, 6.45) is 3.37. The van der Waals surface area contributed by atoms with Crippen LogP contribution in [-0.2, 0) is 4.74 Å². The molecular weight excluding hydrogens is 248 g/mol. The molecule has 0 aromatic carbocycles. The molecule has 0 saturated carbocycles. The van der Waals surface area contributed by atoms with Gasteiger partial charge in [0.1, 0.15) is 11.6 Å². The summed E-state index contributed by atoms with van der Waals surface area (Å²) < 4.78 is 5.33. The average molecular weight is 268 g/mol. The maximum absolute atomic E-state index is 5.80. The zero-order valence-electron chi connectivity index (χ0n) is 10.7. The number of rotatable bonds is 6. The van der Waals surface area contributed by atoms with E-state index in [0.717, 1.165) is 36.4 Å². The highest BCUT2D eigenvalue weighted by molar-refractivity contribution is 7.99. The Morgan fingerprint density at radius 2 is 2.44 bits per heavy atom. The van der Waals surface area contributed by atoms with E-state index in [1.54, 1.807) is 17.8 Å². The molecule has 6 heteroatoms. The van der Waals surface area contributed by atoms with Crippen LogP contribution in [0.3, 0.4) is 0 Å². The number of hydrogen-bond acceptors (Lipinski definition) is 6. The summed E-state index contributed by atoms with van der Waals surface area (Å²) in [6, 6.07) is 2.12. The van der Waals surface area contributed by atoms with E-state index in [4.69, 9.17) is 10.5 Å². The summed E-state index contributed by atoms with van der Waals surface area (Å²) in [4.78, 5) is 8.71. The first-order valence-corrected chi connectivity index (χ1v) is 7.38. The minimum Gasteiger partial charge on any atom is -0.383 e. The van der Waals surface area contributed by atoms with Crippen LogP contribution in [0.15, 0.2) is 11.2 Å². The second-order valence-corrected chi connectivity index (χ2v) is 5.43. The summed E-state index contributed by atoms with van der Waals surface area (Å²) in [5.41, 5.74) is 5.80. The van der Waals surface area contributed by atoms with Crippen LogP contribution in [0, 0.1) is 0 Å². The van der Waals surface area contributed by atoms with Crippen molar-refractivity contribution >= 4 is 23.4 Å². The van der Waals surface area contributed by atoms with Crippen molar-refractivity contribution in [3.8, 4) is 0 Å². The second-order valence-electron chi connectivity index (χ2n) is 4.37. The van der Waals surface area contributed by atoms with E-state index < -0.39 is 0 Å². The lowest BCUT2D eigenvalue weighted by atomic mass is 10.2. The van der Waals surface area contributed by atoms with Crippen LogP contribution in [0.1, 0.15) is 26.2 Å². The Morgan fingerprint density at radius 1 is 1.56 bits per heavy atom. The molecule has 1 aliphatic heterocycles. The van der Waals surface area contributed by atoms with Crippen molar-refractivity contribution in [1.29, 1.82) is 0 Å². The highest BCUT2D eigenvalue weighted by Gasteiger charge is 2.16. The minimum atomic E-state index is 0.341. The Balaban J connectivity index is 1.96. The lowest BCUT2D eigenvalue weighted by molar-refractivity contribution is 0.195. The molecule has 1 saturated heterocycles. The fourth-order valence-electron chi connectivity index (χ4n) is 1.75. The number of nitrogens with one attached hydrogen (secondary N) is 1. The molecule has 1 aromatic heterocycles. The lowest BCUT2D eigenvalue weighted by Crippen LogP contribution is -2.20. The molecule has 1 aliphatic rings. The van der Waals surface area contributed by atoms with Gasteiger partial charge in [0.15, 0.2) is 5.16 Å². The molecule has 3 N–H and O–H groups in total. The Bertz CT molecular complexity index is 382. The van der Waals surface area contributed by atoms with Crippen molar-refractivity contribution in [3.63, 3.8) is 0 Å². The number of nitrogens with two attached hydrogens (primary N) is 1. The van der Waals surface area contributed by atoms with Crippen LogP contribution in [-0.4, -0.2) is 35.0 Å². The third-order valence-electron chi connectivity index (χ3n) is 2.74. The van der Waals surface area contributed by atoms with Crippen LogP contribution in [0.5, 0.6) is 0 Å². The monoisotopic (exact) mass is 268 g/mol. The van der Waals surface area contributed by atoms with Gasteiger partial charge in [0.25, 0.3) is 0 Å². The van der Waals surface area contributed by atoms with Crippen LogP contribution < -0.4 is 11.1 Å². The molecule has 100 valence electrons. The first kappa shape index (κ1) is 13.4. The van der Waals surface area contributed by atoms with Gasteiger partial charge in [0.2, 0.25) is 0 Å². The van der Waals surface area contributed by atoms with Gasteiger partial charge in [-0.15, -0.1) is 0 Å². The third-order valence-corrected chi connectivity index (χ3v) is 3.67. The third kappa shape index (κ3) is 4.03. The fourth-order valence-corrected chi connectivity index (χ4v) is 2.70. The highest BCUT2D eigenvalue weighted by Crippen LogP contribution is 2.20. The summed E-state index contributed by atoms with van der Waals surface area (Å²) >= 11 is 1.66. The Hall–Kier alpha value is -1.01. The summed E-state index contributed by atoms with van der Waals surface area (Å²) in [7, 11) is 0. The summed E-state index contributed by atoms with van der Waals surface area (Å²) in [5.74, 6) is 2.36. The number of nitrogen functional groups attached to an aromatic ring is 1. The van der Waals surface area contributed by atoms with Crippen LogP contribution >= 0.6 is 11.8 Å². The molecular formula is C12H20N4OS. The molecule has 18 heavy (non-hydrogen) atoms. The van der Waals surface area contributed by atoms with Crippen LogP contribution in [0.4, 0.5) is 11.6 Å². The van der Waals surface area contributed by atoms with Gasteiger partial charge in [-0.1, -0.05) is 25.1 Å². The van der Waals surface area contributed by atoms with E-state index in [9.17, 15) is 0 Å². The SMILES string of the molecule is CCCCSc1nc(N)cc(NC2CCOC2)n1. The maximum atomic E-state index is 5.80. The lowest BCUT2D eigenvalue weighted by Gasteiger charge is -2.12. The largest absolute Gasteiger partial charge is 0.383 e. The van der Waals surface area contributed by atoms with Crippen molar-refractivity contribution in [1.82, 2.24) is 9.97 Å². The molecule has 0 bridgehead atoms. The Morgan fingerprint density at radius 3 is 3.17 bits per heavy atom. The molecule has 2 rings (SSSR count). The van der Waals surface area contributed by atoms with Crippen LogP contribution in [0.25, 0.3) is 0 Å². The standard InChI is InChI=1S/C12H20N4OS/c1-2-3-6-18-12-15-10(13)7-11(16-12)14-9-4-5-17-8-9/h7,9H,2-6,8H2,1H3,(H3,13,14,15,16). The number of hydrogen-bond donors (Lipinski definition) is 2. The highest BCUT2D eigenvalue weighted by atomic mass is 32.2. The van der Waals surface area contributed by atoms with E-state index in [2.05, 4.69) is 22.2 Å².